The molecule has 15 heavy (non-hydrogen) atoms. The van der Waals surface area contributed by atoms with Crippen molar-refractivity contribution in [3.63, 3.8) is 0 Å². The zero-order valence-corrected chi connectivity index (χ0v) is 8.44. The highest BCUT2D eigenvalue weighted by Gasteiger charge is 2.01. The molecule has 1 aromatic carbocycles. The van der Waals surface area contributed by atoms with Crippen molar-refractivity contribution in [2.75, 3.05) is 5.43 Å². The summed E-state index contributed by atoms with van der Waals surface area (Å²) >= 11 is 0. The summed E-state index contributed by atoms with van der Waals surface area (Å²) in [6.07, 6.45) is 1.68. The Balaban J connectivity index is 2.44. The maximum Gasteiger partial charge on any atom is 0.161 e. The van der Waals surface area contributed by atoms with Gasteiger partial charge in [-0.1, -0.05) is 23.8 Å². The number of nitrogens with one attached hydrogen (secondary N) is 1. The highest BCUT2D eigenvalue weighted by atomic mass is 15.3. The zero-order valence-electron chi connectivity index (χ0n) is 8.44. The number of nitrogen functional groups attached to an aromatic ring is 1. The second kappa shape index (κ2) is 4.06. The van der Waals surface area contributed by atoms with Crippen LogP contribution in [-0.2, 0) is 0 Å². The maximum absolute atomic E-state index is 5.29. The van der Waals surface area contributed by atoms with E-state index < -0.39 is 0 Å². The predicted octanol–water partition coefficient (Wildman–Crippen LogP) is 1.74. The number of hydrazine groups is 1. The van der Waals surface area contributed by atoms with Crippen molar-refractivity contribution in [2.45, 2.75) is 6.92 Å². The third kappa shape index (κ3) is 2.11. The summed E-state index contributed by atoms with van der Waals surface area (Å²) in [4.78, 5) is 8.45. The summed E-state index contributed by atoms with van der Waals surface area (Å²) in [5.74, 6) is 6.57. The molecule has 0 radical (unpaired) electrons. The van der Waals surface area contributed by atoms with Crippen LogP contribution in [0.5, 0.6) is 0 Å². The van der Waals surface area contributed by atoms with Crippen LogP contribution in [0.1, 0.15) is 5.56 Å². The van der Waals surface area contributed by atoms with Crippen molar-refractivity contribution in [3.8, 4) is 11.4 Å². The van der Waals surface area contributed by atoms with Crippen LogP contribution in [-0.4, -0.2) is 9.97 Å². The minimum Gasteiger partial charge on any atom is -0.308 e. The maximum atomic E-state index is 5.29. The Labute approximate surface area is 88.2 Å². The number of hydrogen-bond donors (Lipinski definition) is 2. The van der Waals surface area contributed by atoms with Crippen molar-refractivity contribution in [3.05, 3.63) is 42.1 Å². The molecule has 0 amide bonds. The third-order valence-electron chi connectivity index (χ3n) is 2.08. The summed E-state index contributed by atoms with van der Waals surface area (Å²) in [6.45, 7) is 2.04. The quantitative estimate of drug-likeness (QED) is 0.572. The molecule has 0 atom stereocenters. The summed E-state index contributed by atoms with van der Waals surface area (Å²) < 4.78 is 0. The van der Waals surface area contributed by atoms with Gasteiger partial charge < -0.3 is 5.43 Å². The standard InChI is InChI=1S/C11H12N4/c1-8-3-2-4-9(7-8)11-13-6-5-10(14-11)15-12/h2-7H,12H2,1H3,(H,13,14,15). The summed E-state index contributed by atoms with van der Waals surface area (Å²) in [5.41, 5.74) is 4.68. The van der Waals surface area contributed by atoms with Crippen molar-refractivity contribution in [1.29, 1.82) is 0 Å². The van der Waals surface area contributed by atoms with Crippen LogP contribution in [0.4, 0.5) is 5.82 Å². The van der Waals surface area contributed by atoms with Crippen molar-refractivity contribution in [1.82, 2.24) is 9.97 Å². The molecule has 0 aliphatic carbocycles. The average Bonchev–Trinajstić information content (AvgIpc) is 2.29. The van der Waals surface area contributed by atoms with Gasteiger partial charge in [0.25, 0.3) is 0 Å². The van der Waals surface area contributed by atoms with Gasteiger partial charge in [-0.05, 0) is 13.0 Å². The van der Waals surface area contributed by atoms with Crippen molar-refractivity contribution >= 4 is 5.82 Å². The molecule has 2 aromatic rings. The molecule has 1 heterocycles. The lowest BCUT2D eigenvalue weighted by molar-refractivity contribution is 1.14. The topological polar surface area (TPSA) is 63.8 Å². The number of nitrogens with two attached hydrogens (primary N) is 1. The minimum atomic E-state index is 0.613. The lowest BCUT2D eigenvalue weighted by atomic mass is 10.1. The Morgan fingerprint density at radius 3 is 2.87 bits per heavy atom. The van der Waals surface area contributed by atoms with E-state index in [-0.39, 0.29) is 0 Å². The van der Waals surface area contributed by atoms with E-state index in [0.29, 0.717) is 11.6 Å². The van der Waals surface area contributed by atoms with E-state index in [1.165, 1.54) is 5.56 Å². The Kier molecular flexibility index (Phi) is 2.60. The second-order valence-corrected chi connectivity index (χ2v) is 3.28. The first-order chi connectivity index (χ1) is 7.29. The fourth-order valence-electron chi connectivity index (χ4n) is 1.36. The normalized spacial score (nSPS) is 10.0. The molecule has 0 fully saturated rings. The molecule has 4 heteroatoms. The smallest absolute Gasteiger partial charge is 0.161 e. The van der Waals surface area contributed by atoms with E-state index >= 15 is 0 Å². The highest BCUT2D eigenvalue weighted by molar-refractivity contribution is 5.57. The van der Waals surface area contributed by atoms with Crippen LogP contribution in [0.2, 0.25) is 0 Å². The first-order valence-electron chi connectivity index (χ1n) is 4.66. The second-order valence-electron chi connectivity index (χ2n) is 3.28. The van der Waals surface area contributed by atoms with E-state index in [2.05, 4.69) is 15.4 Å². The Morgan fingerprint density at radius 1 is 1.27 bits per heavy atom. The highest BCUT2D eigenvalue weighted by Crippen LogP contribution is 2.16. The van der Waals surface area contributed by atoms with Gasteiger partial charge in [-0.15, -0.1) is 0 Å². The number of nitrogens with zero attached hydrogens (tertiary/aromatic N) is 2. The van der Waals surface area contributed by atoms with Gasteiger partial charge in [0.05, 0.1) is 0 Å². The molecule has 1 aromatic heterocycles. The van der Waals surface area contributed by atoms with Gasteiger partial charge in [0.1, 0.15) is 5.82 Å². The van der Waals surface area contributed by atoms with E-state index in [1.807, 2.05) is 31.2 Å². The van der Waals surface area contributed by atoms with Gasteiger partial charge in [-0.2, -0.15) is 0 Å². The van der Waals surface area contributed by atoms with Gasteiger partial charge in [0.2, 0.25) is 0 Å². The Morgan fingerprint density at radius 2 is 2.13 bits per heavy atom. The molecule has 0 spiro atoms. The van der Waals surface area contributed by atoms with E-state index in [4.69, 9.17) is 5.84 Å². The molecule has 0 bridgehead atoms. The largest absolute Gasteiger partial charge is 0.308 e. The zero-order chi connectivity index (χ0) is 10.7. The minimum absolute atomic E-state index is 0.613. The number of aromatic nitrogens is 2. The van der Waals surface area contributed by atoms with Crippen LogP contribution < -0.4 is 11.3 Å². The predicted molar refractivity (Wildman–Crippen MR) is 60.0 cm³/mol. The van der Waals surface area contributed by atoms with Crippen LogP contribution in [0.15, 0.2) is 36.5 Å². The number of hydrogen-bond acceptors (Lipinski definition) is 4. The summed E-state index contributed by atoms with van der Waals surface area (Å²) in [6, 6.07) is 9.75. The average molecular weight is 200 g/mol. The Hall–Kier alpha value is -1.94. The molecule has 76 valence electrons. The fourth-order valence-corrected chi connectivity index (χ4v) is 1.36. The van der Waals surface area contributed by atoms with Crippen molar-refractivity contribution in [2.24, 2.45) is 5.84 Å². The molecular weight excluding hydrogens is 188 g/mol. The van der Waals surface area contributed by atoms with E-state index in [0.717, 1.165) is 5.56 Å². The summed E-state index contributed by atoms with van der Waals surface area (Å²) in [5, 5.41) is 0. The lowest BCUT2D eigenvalue weighted by Crippen LogP contribution is -2.09. The molecule has 0 unspecified atom stereocenters. The van der Waals surface area contributed by atoms with Gasteiger partial charge in [0.15, 0.2) is 5.82 Å². The van der Waals surface area contributed by atoms with Crippen LogP contribution in [0.3, 0.4) is 0 Å². The van der Waals surface area contributed by atoms with Gasteiger partial charge in [-0.25, -0.2) is 15.8 Å². The van der Waals surface area contributed by atoms with E-state index in [9.17, 15) is 0 Å². The van der Waals surface area contributed by atoms with E-state index in [1.54, 1.807) is 12.3 Å². The molecule has 0 saturated heterocycles. The van der Waals surface area contributed by atoms with Gasteiger partial charge >= 0.3 is 0 Å². The fraction of sp³-hybridized carbons (Fsp3) is 0.0909. The monoisotopic (exact) mass is 200 g/mol. The van der Waals surface area contributed by atoms with Crippen LogP contribution in [0.25, 0.3) is 11.4 Å². The molecule has 0 saturated carbocycles. The van der Waals surface area contributed by atoms with Gasteiger partial charge in [-0.3, -0.25) is 0 Å². The molecule has 2 rings (SSSR count). The third-order valence-corrected chi connectivity index (χ3v) is 2.08. The van der Waals surface area contributed by atoms with Gasteiger partial charge in [0, 0.05) is 17.8 Å². The number of aryl methyl sites for hydroxylation is 1. The SMILES string of the molecule is Cc1cccc(-c2nccc(NN)n2)c1. The van der Waals surface area contributed by atoms with Crippen LogP contribution >= 0.6 is 0 Å². The molecule has 0 aliphatic heterocycles. The molecule has 3 N–H and O–H groups in total. The van der Waals surface area contributed by atoms with Crippen LogP contribution in [0, 0.1) is 6.92 Å². The molecule has 4 nitrogen and oxygen atoms in total. The number of rotatable bonds is 2. The first kappa shape index (κ1) is 9.61. The van der Waals surface area contributed by atoms with Crippen molar-refractivity contribution < 1.29 is 0 Å². The molecular formula is C11H12N4. The number of anilines is 1. The number of benzene rings is 1. The lowest BCUT2D eigenvalue weighted by Gasteiger charge is -2.03. The molecule has 0 aliphatic rings. The Bertz CT molecular complexity index is 468. The summed E-state index contributed by atoms with van der Waals surface area (Å²) in [7, 11) is 0. The first-order valence-corrected chi connectivity index (χ1v) is 4.66.